The highest BCUT2D eigenvalue weighted by molar-refractivity contribution is 7.18. The smallest absolute Gasteiger partial charge is 0.268 e. The second kappa shape index (κ2) is 7.97. The molecule has 0 unspecified atom stereocenters. The van der Waals surface area contributed by atoms with Crippen molar-refractivity contribution in [2.24, 2.45) is 0 Å². The Morgan fingerprint density at radius 2 is 1.97 bits per heavy atom. The van der Waals surface area contributed by atoms with Gasteiger partial charge in [0.15, 0.2) is 0 Å². The first-order chi connectivity index (χ1) is 13.9. The van der Waals surface area contributed by atoms with Crippen LogP contribution in [0.3, 0.4) is 0 Å². The third kappa shape index (κ3) is 3.91. The van der Waals surface area contributed by atoms with Gasteiger partial charge in [-0.05, 0) is 61.2 Å². The lowest BCUT2D eigenvalue weighted by molar-refractivity contribution is 0.0986. The van der Waals surface area contributed by atoms with Crippen LogP contribution in [0.15, 0.2) is 48.5 Å². The lowest BCUT2D eigenvalue weighted by atomic mass is 10.0. The van der Waals surface area contributed by atoms with Crippen LogP contribution in [0.25, 0.3) is 0 Å². The first-order valence-electron chi connectivity index (χ1n) is 9.20. The maximum Gasteiger partial charge on any atom is 0.268 e. The number of carbonyl (C=O) groups excluding carboxylic acids is 2. The third-order valence-electron chi connectivity index (χ3n) is 4.88. The van der Waals surface area contributed by atoms with Crippen LogP contribution in [0.1, 0.15) is 37.6 Å². The molecule has 2 aromatic carbocycles. The molecule has 4 nitrogen and oxygen atoms in total. The Balaban J connectivity index is 1.57. The Labute approximate surface area is 176 Å². The summed E-state index contributed by atoms with van der Waals surface area (Å²) in [5, 5.41) is 3.34. The Kier molecular flexibility index (Phi) is 5.39. The molecule has 0 saturated carbocycles. The van der Waals surface area contributed by atoms with Crippen molar-refractivity contribution < 1.29 is 14.0 Å². The zero-order chi connectivity index (χ0) is 20.5. The van der Waals surface area contributed by atoms with Crippen LogP contribution in [0.5, 0.6) is 0 Å². The highest BCUT2D eigenvalue weighted by atomic mass is 35.5. The molecule has 0 saturated heterocycles. The summed E-state index contributed by atoms with van der Waals surface area (Å²) in [5.41, 5.74) is 3.08. The second-order valence-corrected chi connectivity index (χ2v) is 8.35. The monoisotopic (exact) mass is 428 g/mol. The largest absolute Gasteiger partial charge is 0.313 e. The van der Waals surface area contributed by atoms with E-state index in [1.165, 1.54) is 29.0 Å². The molecule has 0 radical (unpaired) electrons. The van der Waals surface area contributed by atoms with E-state index in [1.807, 2.05) is 31.2 Å². The van der Waals surface area contributed by atoms with E-state index in [1.54, 1.807) is 11.0 Å². The molecule has 29 heavy (non-hydrogen) atoms. The van der Waals surface area contributed by atoms with Crippen LogP contribution in [-0.4, -0.2) is 18.4 Å². The Bertz CT molecular complexity index is 1110. The van der Waals surface area contributed by atoms with Gasteiger partial charge in [0.25, 0.3) is 11.8 Å². The molecule has 4 rings (SSSR count). The van der Waals surface area contributed by atoms with Gasteiger partial charge in [-0.25, -0.2) is 4.39 Å². The van der Waals surface area contributed by atoms with E-state index in [9.17, 15) is 14.0 Å². The first-order valence-corrected chi connectivity index (χ1v) is 10.4. The summed E-state index contributed by atoms with van der Waals surface area (Å²) in [5.74, 6) is -1.02. The van der Waals surface area contributed by atoms with E-state index in [0.717, 1.165) is 30.2 Å². The summed E-state index contributed by atoms with van der Waals surface area (Å²) in [6.45, 7) is 2.51. The number of nitrogens with one attached hydrogen (secondary N) is 1. The van der Waals surface area contributed by atoms with Gasteiger partial charge in [0.1, 0.15) is 5.82 Å². The molecular weight excluding hydrogens is 411 g/mol. The minimum Gasteiger partial charge on any atom is -0.313 e. The molecule has 1 aliphatic rings. The Morgan fingerprint density at radius 3 is 2.76 bits per heavy atom. The summed E-state index contributed by atoms with van der Waals surface area (Å²) in [6, 6.07) is 13.3. The lowest BCUT2D eigenvalue weighted by Crippen LogP contribution is -2.35. The van der Waals surface area contributed by atoms with Gasteiger partial charge in [-0.1, -0.05) is 29.8 Å². The number of aryl methyl sites for hydroxylation is 2. The van der Waals surface area contributed by atoms with Gasteiger partial charge in [0.2, 0.25) is 0 Å². The van der Waals surface area contributed by atoms with Crippen molar-refractivity contribution in [2.75, 3.05) is 16.8 Å². The number of fused-ring (bicyclic) bond motifs is 1. The number of nitrogens with zero attached hydrogens (tertiary/aromatic N) is 1. The molecule has 1 aliphatic heterocycles. The number of amides is 2. The molecule has 7 heteroatoms. The van der Waals surface area contributed by atoms with Gasteiger partial charge in [0, 0.05) is 12.2 Å². The topological polar surface area (TPSA) is 49.4 Å². The summed E-state index contributed by atoms with van der Waals surface area (Å²) in [6.07, 6.45) is 1.88. The molecule has 3 aromatic rings. The fourth-order valence-electron chi connectivity index (χ4n) is 3.48. The van der Waals surface area contributed by atoms with Crippen LogP contribution >= 0.6 is 22.9 Å². The molecule has 0 bridgehead atoms. The standard InChI is InChI=1S/C22H18ClFN2O2S/c1-13-11-19(25-21(27)16-9-8-15(24)12-17(16)23)29-20(13)22(28)26-10-4-6-14-5-2-3-7-18(14)26/h2-3,5,7-9,11-12H,4,6,10H2,1H3,(H,25,27). The van der Waals surface area contributed by atoms with Crippen molar-refractivity contribution >= 4 is 45.4 Å². The van der Waals surface area contributed by atoms with E-state index in [2.05, 4.69) is 5.32 Å². The molecule has 2 heterocycles. The van der Waals surface area contributed by atoms with Crippen molar-refractivity contribution in [1.29, 1.82) is 0 Å². The maximum absolute atomic E-state index is 13.2. The van der Waals surface area contributed by atoms with Crippen molar-refractivity contribution in [3.63, 3.8) is 0 Å². The molecule has 0 atom stereocenters. The average molecular weight is 429 g/mol. The predicted octanol–water partition coefficient (Wildman–Crippen LogP) is 5.69. The highest BCUT2D eigenvalue weighted by Crippen LogP contribution is 2.33. The number of anilines is 2. The number of thiophene rings is 1. The summed E-state index contributed by atoms with van der Waals surface area (Å²) >= 11 is 7.20. The van der Waals surface area contributed by atoms with Crippen molar-refractivity contribution in [3.05, 3.63) is 80.9 Å². The van der Waals surface area contributed by atoms with E-state index in [4.69, 9.17) is 11.6 Å². The minimum atomic E-state index is -0.506. The van der Waals surface area contributed by atoms with Crippen LogP contribution in [0.2, 0.25) is 5.02 Å². The van der Waals surface area contributed by atoms with E-state index >= 15 is 0 Å². The Morgan fingerprint density at radius 1 is 1.17 bits per heavy atom. The average Bonchev–Trinajstić information content (AvgIpc) is 3.06. The van der Waals surface area contributed by atoms with Gasteiger partial charge in [-0.2, -0.15) is 0 Å². The number of hydrogen-bond donors (Lipinski definition) is 1. The van der Waals surface area contributed by atoms with E-state index in [0.29, 0.717) is 16.4 Å². The molecular formula is C22H18ClFN2O2S. The number of halogens is 2. The third-order valence-corrected chi connectivity index (χ3v) is 6.33. The van der Waals surface area contributed by atoms with Crippen molar-refractivity contribution in [2.45, 2.75) is 19.8 Å². The number of rotatable bonds is 3. The van der Waals surface area contributed by atoms with Gasteiger partial charge >= 0.3 is 0 Å². The van der Waals surface area contributed by atoms with Gasteiger partial charge in [-0.3, -0.25) is 9.59 Å². The van der Waals surface area contributed by atoms with Gasteiger partial charge < -0.3 is 10.2 Å². The molecule has 2 amide bonds. The second-order valence-electron chi connectivity index (χ2n) is 6.89. The molecule has 0 aliphatic carbocycles. The maximum atomic E-state index is 13.2. The molecule has 1 aromatic heterocycles. The fraction of sp³-hybridized carbons (Fsp3) is 0.182. The molecule has 0 spiro atoms. The Hall–Kier alpha value is -2.70. The predicted molar refractivity (Wildman–Crippen MR) is 115 cm³/mol. The van der Waals surface area contributed by atoms with Crippen LogP contribution in [0, 0.1) is 12.7 Å². The number of hydrogen-bond acceptors (Lipinski definition) is 3. The normalized spacial score (nSPS) is 13.1. The lowest BCUT2D eigenvalue weighted by Gasteiger charge is -2.29. The summed E-state index contributed by atoms with van der Waals surface area (Å²) < 4.78 is 13.2. The van der Waals surface area contributed by atoms with E-state index in [-0.39, 0.29) is 16.5 Å². The number of carbonyl (C=O) groups is 2. The molecule has 0 fully saturated rings. The van der Waals surface area contributed by atoms with Crippen LogP contribution < -0.4 is 10.2 Å². The quantitative estimate of drug-likeness (QED) is 0.582. The van der Waals surface area contributed by atoms with Gasteiger partial charge in [0.05, 0.1) is 20.5 Å². The summed E-state index contributed by atoms with van der Waals surface area (Å²) in [4.78, 5) is 28.1. The zero-order valence-electron chi connectivity index (χ0n) is 15.7. The number of para-hydroxylation sites is 1. The summed E-state index contributed by atoms with van der Waals surface area (Å²) in [7, 11) is 0. The molecule has 1 N–H and O–H groups in total. The fourth-order valence-corrected chi connectivity index (χ4v) is 4.75. The number of benzene rings is 2. The highest BCUT2D eigenvalue weighted by Gasteiger charge is 2.26. The van der Waals surface area contributed by atoms with Crippen molar-refractivity contribution in [1.82, 2.24) is 0 Å². The van der Waals surface area contributed by atoms with Crippen LogP contribution in [0.4, 0.5) is 15.1 Å². The minimum absolute atomic E-state index is 0.0389. The van der Waals surface area contributed by atoms with Gasteiger partial charge in [-0.15, -0.1) is 11.3 Å². The zero-order valence-corrected chi connectivity index (χ0v) is 17.2. The van der Waals surface area contributed by atoms with E-state index < -0.39 is 11.7 Å². The van der Waals surface area contributed by atoms with Crippen LogP contribution in [-0.2, 0) is 6.42 Å². The molecule has 148 valence electrons. The SMILES string of the molecule is Cc1cc(NC(=O)c2ccc(F)cc2Cl)sc1C(=O)N1CCCc2ccccc21. The van der Waals surface area contributed by atoms with Crippen molar-refractivity contribution in [3.8, 4) is 0 Å². The first kappa shape index (κ1) is 19.6.